The minimum Gasteiger partial charge on any atom is -0.109 e. The minimum absolute atomic E-state index is 0.722. The highest BCUT2D eigenvalue weighted by Gasteiger charge is 1.95. The molecular weight excluding hydrogens is 94.9 g/mol. The molecule has 0 aliphatic rings. The first-order valence-electron chi connectivity index (χ1n) is 3.19. The second-order valence-corrected chi connectivity index (χ2v) is 2.84. The maximum Gasteiger partial charge on any atom is 0.134 e. The molecule has 46 valence electrons. The van der Waals surface area contributed by atoms with Crippen molar-refractivity contribution in [3.8, 4) is 0 Å². The van der Waals surface area contributed by atoms with Crippen LogP contribution in [0.25, 0.3) is 0 Å². The van der Waals surface area contributed by atoms with Crippen molar-refractivity contribution >= 4 is 7.85 Å². The van der Waals surface area contributed by atoms with E-state index in [9.17, 15) is 0 Å². The van der Waals surface area contributed by atoms with Crippen LogP contribution < -0.4 is 0 Å². The average molecular weight is 110 g/mol. The van der Waals surface area contributed by atoms with E-state index in [0.29, 0.717) is 0 Å². The summed E-state index contributed by atoms with van der Waals surface area (Å²) < 4.78 is 0. The smallest absolute Gasteiger partial charge is 0.109 e. The predicted octanol–water partition coefficient (Wildman–Crippen LogP) is 1.57. The summed E-state index contributed by atoms with van der Waals surface area (Å²) in [5.74, 6) is 0.722. The molecule has 0 heterocycles. The molecule has 0 aliphatic heterocycles. The Morgan fingerprint density at radius 2 is 1.62 bits per heavy atom. The van der Waals surface area contributed by atoms with Gasteiger partial charge in [-0.2, -0.15) is 0 Å². The van der Waals surface area contributed by atoms with Crippen LogP contribution >= 0.6 is 0 Å². The van der Waals surface area contributed by atoms with Gasteiger partial charge in [0.2, 0.25) is 0 Å². The van der Waals surface area contributed by atoms with E-state index in [2.05, 4.69) is 35.5 Å². The molecule has 0 N–H and O–H groups in total. The highest BCUT2D eigenvalue weighted by atomic mass is 14.0. The third kappa shape index (κ3) is 2.20. The first-order chi connectivity index (χ1) is 3.55. The highest BCUT2D eigenvalue weighted by molar-refractivity contribution is 6.22. The molecule has 0 unspecified atom stereocenters. The Morgan fingerprint density at radius 1 is 1.25 bits per heavy atom. The molecule has 0 rings (SSSR count). The van der Waals surface area contributed by atoms with Gasteiger partial charge in [-0.15, -0.1) is 5.47 Å². The van der Waals surface area contributed by atoms with Gasteiger partial charge >= 0.3 is 0 Å². The maximum atomic E-state index is 2.22. The van der Waals surface area contributed by atoms with Gasteiger partial charge in [-0.05, 0) is 19.8 Å². The van der Waals surface area contributed by atoms with Crippen molar-refractivity contribution < 1.29 is 0 Å². The molecule has 0 nitrogen and oxygen atoms in total. The fourth-order valence-corrected chi connectivity index (χ4v) is 0.577. The molecule has 0 aromatic heterocycles. The number of rotatable bonds is 1. The van der Waals surface area contributed by atoms with E-state index in [0.717, 1.165) is 5.92 Å². The standard InChI is InChI=1S/C7H15B/c1-5(2)7(8)6(3)4/h5H,8H2,1-4H3. The van der Waals surface area contributed by atoms with Crippen LogP contribution in [-0.2, 0) is 0 Å². The van der Waals surface area contributed by atoms with E-state index >= 15 is 0 Å². The molecule has 0 aliphatic carbocycles. The zero-order chi connectivity index (χ0) is 6.73. The minimum atomic E-state index is 0.722. The summed E-state index contributed by atoms with van der Waals surface area (Å²) in [4.78, 5) is 0. The lowest BCUT2D eigenvalue weighted by atomic mass is 9.82. The van der Waals surface area contributed by atoms with E-state index in [-0.39, 0.29) is 0 Å². The van der Waals surface area contributed by atoms with Gasteiger partial charge in [0.1, 0.15) is 7.85 Å². The van der Waals surface area contributed by atoms with Crippen molar-refractivity contribution in [2.24, 2.45) is 5.92 Å². The maximum absolute atomic E-state index is 2.22. The van der Waals surface area contributed by atoms with Gasteiger partial charge in [-0.25, -0.2) is 0 Å². The molecule has 0 bridgehead atoms. The molecule has 0 saturated heterocycles. The molecule has 0 atom stereocenters. The largest absolute Gasteiger partial charge is 0.134 e. The van der Waals surface area contributed by atoms with Crippen LogP contribution in [0.3, 0.4) is 0 Å². The first-order valence-corrected chi connectivity index (χ1v) is 3.19. The van der Waals surface area contributed by atoms with Crippen molar-refractivity contribution in [3.05, 3.63) is 11.0 Å². The molecule has 1 heteroatoms. The SMILES string of the molecule is BC(=C(C)C)C(C)C. The lowest BCUT2D eigenvalue weighted by Gasteiger charge is -2.06. The van der Waals surface area contributed by atoms with Crippen LogP contribution in [0.5, 0.6) is 0 Å². The Labute approximate surface area is 53.4 Å². The Bertz CT molecular complexity index is 97.0. The summed E-state index contributed by atoms with van der Waals surface area (Å²) in [5.41, 5.74) is 2.98. The van der Waals surface area contributed by atoms with Gasteiger partial charge < -0.3 is 0 Å². The normalized spacial score (nSPS) is 9.62. The van der Waals surface area contributed by atoms with E-state index in [1.165, 1.54) is 11.0 Å². The number of hydrogen-bond acceptors (Lipinski definition) is 0. The third-order valence-electron chi connectivity index (χ3n) is 1.65. The monoisotopic (exact) mass is 110 g/mol. The zero-order valence-corrected chi connectivity index (χ0v) is 6.58. The summed E-state index contributed by atoms with van der Waals surface area (Å²) in [5, 5.41) is 0. The molecule has 0 fully saturated rings. The van der Waals surface area contributed by atoms with E-state index in [1.54, 1.807) is 0 Å². The Hall–Kier alpha value is -0.195. The molecule has 0 aromatic carbocycles. The lowest BCUT2D eigenvalue weighted by Crippen LogP contribution is -1.94. The van der Waals surface area contributed by atoms with Crippen LogP contribution in [0.15, 0.2) is 11.0 Å². The number of allylic oxidation sites excluding steroid dienone is 2. The van der Waals surface area contributed by atoms with E-state index < -0.39 is 0 Å². The van der Waals surface area contributed by atoms with Gasteiger partial charge in [-0.3, -0.25) is 0 Å². The van der Waals surface area contributed by atoms with Crippen LogP contribution in [0.4, 0.5) is 0 Å². The van der Waals surface area contributed by atoms with Crippen molar-refractivity contribution in [3.63, 3.8) is 0 Å². The molecule has 0 saturated carbocycles. The second-order valence-electron chi connectivity index (χ2n) is 2.84. The van der Waals surface area contributed by atoms with Crippen molar-refractivity contribution in [1.82, 2.24) is 0 Å². The third-order valence-corrected chi connectivity index (χ3v) is 1.65. The summed E-state index contributed by atoms with van der Waals surface area (Å²) in [6.07, 6.45) is 0. The van der Waals surface area contributed by atoms with Crippen molar-refractivity contribution in [1.29, 1.82) is 0 Å². The molecule has 0 aromatic rings. The Kier molecular flexibility index (Phi) is 2.89. The summed E-state index contributed by atoms with van der Waals surface area (Å²) in [6, 6.07) is 0. The van der Waals surface area contributed by atoms with Crippen molar-refractivity contribution in [2.45, 2.75) is 27.7 Å². The van der Waals surface area contributed by atoms with Crippen LogP contribution in [0.2, 0.25) is 0 Å². The van der Waals surface area contributed by atoms with Crippen LogP contribution in [0.1, 0.15) is 27.7 Å². The van der Waals surface area contributed by atoms with Gasteiger partial charge in [0, 0.05) is 0 Å². The highest BCUT2D eigenvalue weighted by Crippen LogP contribution is 2.08. The molecule has 8 heavy (non-hydrogen) atoms. The Balaban J connectivity index is 4.00. The summed E-state index contributed by atoms with van der Waals surface area (Å²) in [6.45, 7) is 8.77. The van der Waals surface area contributed by atoms with E-state index in [1.807, 2.05) is 0 Å². The molecular formula is C7H15B. The second kappa shape index (κ2) is 2.96. The lowest BCUT2D eigenvalue weighted by molar-refractivity contribution is 0.802. The van der Waals surface area contributed by atoms with Gasteiger partial charge in [0.25, 0.3) is 0 Å². The Morgan fingerprint density at radius 3 is 1.62 bits per heavy atom. The van der Waals surface area contributed by atoms with Gasteiger partial charge in [-0.1, -0.05) is 19.4 Å². The summed E-state index contributed by atoms with van der Waals surface area (Å²) >= 11 is 0. The molecule has 0 amide bonds. The molecule has 0 radical (unpaired) electrons. The topological polar surface area (TPSA) is 0 Å². The van der Waals surface area contributed by atoms with Crippen molar-refractivity contribution in [2.75, 3.05) is 0 Å². The van der Waals surface area contributed by atoms with E-state index in [4.69, 9.17) is 0 Å². The zero-order valence-electron chi connectivity index (χ0n) is 6.58. The van der Waals surface area contributed by atoms with Crippen LogP contribution in [0, 0.1) is 5.92 Å². The predicted molar refractivity (Wildman–Crippen MR) is 41.8 cm³/mol. The first kappa shape index (κ1) is 7.80. The van der Waals surface area contributed by atoms with Gasteiger partial charge in [0.05, 0.1) is 0 Å². The van der Waals surface area contributed by atoms with Crippen LogP contribution in [-0.4, -0.2) is 7.85 Å². The quantitative estimate of drug-likeness (QED) is 0.449. The summed E-state index contributed by atoms with van der Waals surface area (Å²) in [7, 11) is 2.19. The molecule has 0 spiro atoms. The van der Waals surface area contributed by atoms with Gasteiger partial charge in [0.15, 0.2) is 0 Å². The average Bonchev–Trinajstić information content (AvgIpc) is 1.64. The fourth-order valence-electron chi connectivity index (χ4n) is 0.577. The fraction of sp³-hybridized carbons (Fsp3) is 0.714. The number of hydrogen-bond donors (Lipinski definition) is 0.